The molecule has 37 heavy (non-hydrogen) atoms. The van der Waals surface area contributed by atoms with Gasteiger partial charge in [-0.15, -0.1) is 23.2 Å². The molecule has 0 aliphatic carbocycles. The first kappa shape index (κ1) is 27.9. The lowest BCUT2D eigenvalue weighted by molar-refractivity contribution is -0.385. The summed E-state index contributed by atoms with van der Waals surface area (Å²) in [5, 5.41) is 15.5. The number of carbonyl (C=O) groups excluding carboxylic acids is 1. The Hall–Kier alpha value is -3.63. The van der Waals surface area contributed by atoms with Gasteiger partial charge in [-0.25, -0.2) is 10.4 Å². The molecule has 0 aliphatic rings. The second-order valence-electron chi connectivity index (χ2n) is 7.97. The van der Waals surface area contributed by atoms with Gasteiger partial charge >= 0.3 is 5.69 Å². The number of alkyl halides is 2. The number of nitro benzene ring substituents is 1. The van der Waals surface area contributed by atoms with Crippen LogP contribution in [0.1, 0.15) is 18.9 Å². The van der Waals surface area contributed by atoms with E-state index in [4.69, 9.17) is 27.9 Å². The van der Waals surface area contributed by atoms with Gasteiger partial charge in [-0.2, -0.15) is 5.10 Å². The number of amides is 1. The summed E-state index contributed by atoms with van der Waals surface area (Å²) in [6, 6.07) is 12.3. The molecule has 12 heteroatoms. The molecule has 3 rings (SSSR count). The molecule has 0 aliphatic heterocycles. The number of hydrogen-bond donors (Lipinski definition) is 1. The Labute approximate surface area is 225 Å². The van der Waals surface area contributed by atoms with Crippen molar-refractivity contribution in [2.24, 2.45) is 5.10 Å². The van der Waals surface area contributed by atoms with E-state index in [0.29, 0.717) is 42.7 Å². The first-order valence-electron chi connectivity index (χ1n) is 11.7. The van der Waals surface area contributed by atoms with E-state index in [-0.39, 0.29) is 23.9 Å². The number of hydrogen-bond acceptors (Lipinski definition) is 7. The lowest BCUT2D eigenvalue weighted by Crippen LogP contribution is -2.27. The van der Waals surface area contributed by atoms with Crippen LogP contribution in [0.2, 0.25) is 0 Å². The molecule has 1 aromatic heterocycles. The molecule has 1 heterocycles. The molecule has 10 nitrogen and oxygen atoms in total. The van der Waals surface area contributed by atoms with Crippen LogP contribution in [0.3, 0.4) is 0 Å². The number of hydrazone groups is 1. The number of nitrogens with zero attached hydrogens (tertiary/aromatic N) is 5. The predicted molar refractivity (Wildman–Crippen MR) is 146 cm³/mol. The molecule has 0 saturated heterocycles. The van der Waals surface area contributed by atoms with Gasteiger partial charge in [-0.1, -0.05) is 19.1 Å². The molecule has 1 N–H and O–H groups in total. The summed E-state index contributed by atoms with van der Waals surface area (Å²) in [7, 11) is 0. The maximum absolute atomic E-state index is 12.3. The van der Waals surface area contributed by atoms with Gasteiger partial charge in [-0.05, 0) is 36.2 Å². The van der Waals surface area contributed by atoms with Crippen LogP contribution in [0.25, 0.3) is 11.3 Å². The highest BCUT2D eigenvalue weighted by Crippen LogP contribution is 2.32. The Kier molecular flexibility index (Phi) is 10.7. The Morgan fingerprint density at radius 1 is 1.22 bits per heavy atom. The Balaban J connectivity index is 1.58. The number of aromatic nitrogens is 2. The third-order valence-corrected chi connectivity index (χ3v) is 5.58. The van der Waals surface area contributed by atoms with Crippen molar-refractivity contribution in [2.45, 2.75) is 19.9 Å². The summed E-state index contributed by atoms with van der Waals surface area (Å²) in [5.74, 6) is 0.876. The van der Waals surface area contributed by atoms with Crippen LogP contribution in [0, 0.1) is 10.1 Å². The van der Waals surface area contributed by atoms with Crippen LogP contribution < -0.4 is 15.1 Å². The van der Waals surface area contributed by atoms with Gasteiger partial charge in [0.05, 0.1) is 29.8 Å². The number of halogens is 2. The van der Waals surface area contributed by atoms with E-state index in [1.165, 1.54) is 12.4 Å². The number of anilines is 1. The van der Waals surface area contributed by atoms with Crippen LogP contribution in [0.15, 0.2) is 60.1 Å². The summed E-state index contributed by atoms with van der Waals surface area (Å²) in [4.78, 5) is 29.6. The number of ether oxygens (including phenoxy) is 1. The van der Waals surface area contributed by atoms with Crippen molar-refractivity contribution in [3.63, 3.8) is 0 Å². The molecule has 2 aromatic carbocycles. The largest absolute Gasteiger partial charge is 0.487 e. The highest BCUT2D eigenvalue weighted by atomic mass is 35.5. The van der Waals surface area contributed by atoms with Crippen molar-refractivity contribution >= 4 is 46.7 Å². The summed E-state index contributed by atoms with van der Waals surface area (Å²) < 4.78 is 7.03. The molecule has 0 spiro atoms. The zero-order valence-corrected chi connectivity index (χ0v) is 21.9. The average molecular weight is 547 g/mol. The van der Waals surface area contributed by atoms with Crippen molar-refractivity contribution in [1.82, 2.24) is 15.0 Å². The van der Waals surface area contributed by atoms with Crippen LogP contribution >= 0.6 is 23.2 Å². The summed E-state index contributed by atoms with van der Waals surface area (Å²) in [5.41, 5.74) is 5.23. The van der Waals surface area contributed by atoms with E-state index in [1.807, 2.05) is 31.2 Å². The van der Waals surface area contributed by atoms with Crippen molar-refractivity contribution < 1.29 is 14.5 Å². The van der Waals surface area contributed by atoms with Crippen molar-refractivity contribution in [2.75, 3.05) is 36.4 Å². The maximum atomic E-state index is 12.3. The fourth-order valence-corrected chi connectivity index (χ4v) is 3.88. The van der Waals surface area contributed by atoms with E-state index < -0.39 is 4.92 Å². The van der Waals surface area contributed by atoms with E-state index in [9.17, 15) is 14.9 Å². The third-order valence-electron chi connectivity index (χ3n) is 5.24. The number of benzene rings is 2. The van der Waals surface area contributed by atoms with Crippen molar-refractivity contribution in [1.29, 1.82) is 0 Å². The molecule has 3 aromatic rings. The quantitative estimate of drug-likeness (QED) is 0.136. The molecular formula is C25H28Cl2N6O4. The van der Waals surface area contributed by atoms with Crippen molar-refractivity contribution in [3.05, 3.63) is 70.7 Å². The molecule has 1 amide bonds. The van der Waals surface area contributed by atoms with Crippen molar-refractivity contribution in [3.8, 4) is 17.0 Å². The molecule has 0 atom stereocenters. The zero-order valence-electron chi connectivity index (χ0n) is 20.3. The SMILES string of the molecule is CCCOc1ccc(-c2cn(CC(=O)N/N=C/c3ccc(N(CCCl)CCCl)cc3)cn2)cc1[N+](=O)[O-]. The van der Waals surface area contributed by atoms with Gasteiger partial charge in [0.15, 0.2) is 5.75 Å². The van der Waals surface area contributed by atoms with Crippen LogP contribution in [-0.2, 0) is 11.3 Å². The lowest BCUT2D eigenvalue weighted by atomic mass is 10.1. The second-order valence-corrected chi connectivity index (χ2v) is 8.72. The number of carbonyl (C=O) groups is 1. The Morgan fingerprint density at radius 2 is 1.95 bits per heavy atom. The van der Waals surface area contributed by atoms with E-state index in [1.54, 1.807) is 29.1 Å². The average Bonchev–Trinajstić information content (AvgIpc) is 3.36. The highest BCUT2D eigenvalue weighted by molar-refractivity contribution is 6.18. The van der Waals surface area contributed by atoms with Gasteiger partial charge in [0.25, 0.3) is 5.91 Å². The fourth-order valence-electron chi connectivity index (χ4n) is 3.47. The standard InChI is InChI=1S/C25H28Cl2N6O4/c1-2-13-37-24-8-5-20(14-23(24)33(35)36)22-16-31(18-28-22)17-25(34)30-29-15-19-3-6-21(7-4-19)32(11-9-26)12-10-27/h3-8,14-16,18H,2,9-13,17H2,1H3,(H,30,34)/b29-15+. The van der Waals surface area contributed by atoms with Crippen LogP contribution in [0.5, 0.6) is 5.75 Å². The molecule has 0 radical (unpaired) electrons. The third kappa shape index (κ3) is 8.19. The smallest absolute Gasteiger partial charge is 0.311 e. The summed E-state index contributed by atoms with van der Waals surface area (Å²) in [6.45, 7) is 3.69. The second kappa shape index (κ2) is 14.2. The summed E-state index contributed by atoms with van der Waals surface area (Å²) >= 11 is 11.7. The molecule has 0 saturated carbocycles. The molecule has 0 unspecified atom stereocenters. The highest BCUT2D eigenvalue weighted by Gasteiger charge is 2.17. The maximum Gasteiger partial charge on any atom is 0.311 e. The fraction of sp³-hybridized carbons (Fsp3) is 0.320. The van der Waals surface area contributed by atoms with E-state index in [2.05, 4.69) is 20.4 Å². The topological polar surface area (TPSA) is 115 Å². The number of rotatable bonds is 14. The minimum atomic E-state index is -0.486. The lowest BCUT2D eigenvalue weighted by Gasteiger charge is -2.22. The van der Waals surface area contributed by atoms with Gasteiger partial charge < -0.3 is 14.2 Å². The molecular weight excluding hydrogens is 519 g/mol. The number of imidazole rings is 1. The minimum Gasteiger partial charge on any atom is -0.487 e. The first-order valence-corrected chi connectivity index (χ1v) is 12.7. The predicted octanol–water partition coefficient (Wildman–Crippen LogP) is 4.68. The van der Waals surface area contributed by atoms with Gasteiger partial charge in [0.1, 0.15) is 6.54 Å². The van der Waals surface area contributed by atoms with Gasteiger partial charge in [0.2, 0.25) is 0 Å². The number of nitro groups is 1. The van der Waals surface area contributed by atoms with E-state index >= 15 is 0 Å². The monoisotopic (exact) mass is 546 g/mol. The normalized spacial score (nSPS) is 11.0. The zero-order chi connectivity index (χ0) is 26.6. The van der Waals surface area contributed by atoms with Gasteiger partial charge in [0, 0.05) is 48.4 Å². The van der Waals surface area contributed by atoms with E-state index in [0.717, 1.165) is 17.7 Å². The molecule has 0 bridgehead atoms. The number of nitrogens with one attached hydrogen (secondary N) is 1. The molecule has 0 fully saturated rings. The molecule has 196 valence electrons. The Morgan fingerprint density at radius 3 is 2.59 bits per heavy atom. The van der Waals surface area contributed by atoms with Crippen LogP contribution in [0.4, 0.5) is 11.4 Å². The van der Waals surface area contributed by atoms with Gasteiger partial charge in [-0.3, -0.25) is 14.9 Å². The Bertz CT molecular complexity index is 1210. The van der Waals surface area contributed by atoms with Crippen LogP contribution in [-0.4, -0.2) is 58.1 Å². The first-order chi connectivity index (χ1) is 17.9. The minimum absolute atomic E-state index is 0.0190. The summed E-state index contributed by atoms with van der Waals surface area (Å²) in [6.07, 6.45) is 5.42.